The fraction of sp³-hybridized carbons (Fsp3) is 0.787. The van der Waals surface area contributed by atoms with E-state index in [2.05, 4.69) is 19.5 Å². The first-order valence-corrected chi connectivity index (χ1v) is 40.5. The molecule has 5 atom stereocenters. The minimum atomic E-state index is -2.95. The number of primary amides is 1. The summed E-state index contributed by atoms with van der Waals surface area (Å²) in [5, 5.41) is 44.1. The number of nitrogens with two attached hydrogens (primary N) is 4. The number of nitrogens with one attached hydrogen (secondary N) is 4. The second-order valence-corrected chi connectivity index (χ2v) is 34.3. The Bertz CT molecular complexity index is 2580. The van der Waals surface area contributed by atoms with E-state index in [0.29, 0.717) is 77.0 Å². The largest absolute Gasteiger partial charge is 3.00 e. The zero-order valence-corrected chi connectivity index (χ0v) is 73.9. The topological polar surface area (TPSA) is 524 Å². The van der Waals surface area contributed by atoms with Crippen molar-refractivity contribution in [2.75, 3.05) is 86.1 Å². The number of rotatable bonds is 71. The predicted molar refractivity (Wildman–Crippen MR) is 428 cm³/mol. The molecule has 30 nitrogen and oxygen atoms in total. The van der Waals surface area contributed by atoms with Crippen molar-refractivity contribution in [3.8, 4) is 0 Å². The maximum atomic E-state index is 14.0. The third-order valence-electron chi connectivity index (χ3n) is 17.3. The van der Waals surface area contributed by atoms with Crippen LogP contribution in [0.2, 0.25) is 0 Å². The van der Waals surface area contributed by atoms with Crippen LogP contribution in [-0.2, 0) is 151 Å². The molecule has 4 amide bonds. The molecule has 108 heavy (non-hydrogen) atoms. The second kappa shape index (κ2) is 72.3. The van der Waals surface area contributed by atoms with Crippen LogP contribution in [0.3, 0.4) is 0 Å². The SMILES string of the molecule is CNI(C(=O)[C@H](CCCN)CC(=O)[C@@](C)(CC(=O)[C-](C)C)CC(C)C)C(C)(C)C(=O)C[C@@H]([C-]=O)CCC(=O)O.NC(=O)[C@H](CO)CC(=O)[CH-]CCCCNC(=O)COCCOCCCC(=O)COCCOCCNC(=O)CC[C@H](NC(=O)CCCCCCCCCCCCCCCCC(=O)O)C(=O)O.[HH].[HH].[HH].[HH].[HH].[HH].[HH].[NH2-].[NH2-].[Y+3].[Y]. The number of carboxylic acids is 3. The van der Waals surface area contributed by atoms with Crippen LogP contribution in [0.25, 0.3) is 12.3 Å². The van der Waals surface area contributed by atoms with Crippen LogP contribution in [0.1, 0.15) is 264 Å². The molecule has 635 valence electrons. The smallest absolute Gasteiger partial charge is 0.693 e. The van der Waals surface area contributed by atoms with E-state index >= 15 is 0 Å². The van der Waals surface area contributed by atoms with Gasteiger partial charge in [-0.05, 0) is 44.3 Å². The molecule has 0 rings (SSSR count). The van der Waals surface area contributed by atoms with E-state index in [4.69, 9.17) is 45.7 Å². The Morgan fingerprint density at radius 1 is 0.583 bits per heavy atom. The Balaban J connectivity index is -0.000000165. The minimum absolute atomic E-state index is 0. The van der Waals surface area contributed by atoms with Crippen LogP contribution in [0.5, 0.6) is 0 Å². The molecule has 0 aliphatic carbocycles. The molecule has 0 aliphatic heterocycles. The quantitative estimate of drug-likeness (QED) is 0.00675. The first-order chi connectivity index (χ1) is 49.3. The number of ketones is 5. The molecule has 0 aliphatic rings. The van der Waals surface area contributed by atoms with Gasteiger partial charge in [0, 0.05) is 88.1 Å². The Morgan fingerprint density at radius 2 is 1.11 bits per heavy atom. The van der Waals surface area contributed by atoms with Crippen molar-refractivity contribution in [3.05, 3.63) is 24.6 Å². The molecule has 0 spiro atoms. The first-order valence-electron chi connectivity index (χ1n) is 37.3. The summed E-state index contributed by atoms with van der Waals surface area (Å²) in [5.74, 6) is -7.08. The van der Waals surface area contributed by atoms with Crippen LogP contribution in [0, 0.1) is 41.4 Å². The maximum absolute atomic E-state index is 14.0. The summed E-state index contributed by atoms with van der Waals surface area (Å²) in [4.78, 5) is 169. The molecule has 0 fully saturated rings. The number of hydrogen-bond acceptors (Lipinski definition) is 21. The van der Waals surface area contributed by atoms with E-state index < -0.39 is 83.1 Å². The van der Waals surface area contributed by atoms with E-state index in [1.165, 1.54) is 44.9 Å². The van der Waals surface area contributed by atoms with Crippen LogP contribution >= 0.6 is 20.1 Å². The number of aliphatic hydroxyl groups excluding tert-OH is 1. The van der Waals surface area contributed by atoms with Gasteiger partial charge in [0.2, 0.25) is 23.6 Å². The number of ether oxygens (including phenoxy) is 4. The van der Waals surface area contributed by atoms with E-state index in [1.807, 2.05) is 13.8 Å². The van der Waals surface area contributed by atoms with E-state index in [-0.39, 0.29) is 267 Å². The summed E-state index contributed by atoms with van der Waals surface area (Å²) in [7, 11) is 1.63. The zero-order valence-electron chi connectivity index (χ0n) is 66.1. The van der Waals surface area contributed by atoms with Crippen LogP contribution in [0.15, 0.2) is 0 Å². The molecule has 33 heteroatoms. The summed E-state index contributed by atoms with van der Waals surface area (Å²) in [6.45, 7) is 14.4. The van der Waals surface area contributed by atoms with Gasteiger partial charge in [-0.25, -0.2) is 4.79 Å². The monoisotopic (exact) mass is 1820 g/mol. The number of carboxylic acid groups (broad SMARTS) is 3. The maximum Gasteiger partial charge on any atom is 3.00 e. The van der Waals surface area contributed by atoms with Crippen molar-refractivity contribution < 1.29 is 182 Å². The Labute approximate surface area is 711 Å². The number of carbonyl (C=O) groups excluding carboxylic acids is 11. The number of alkyl halides is 1. The third-order valence-corrected chi connectivity index (χ3v) is 23.6. The molecule has 1 radical (unpaired) electrons. The Morgan fingerprint density at radius 3 is 1.61 bits per heavy atom. The summed E-state index contributed by atoms with van der Waals surface area (Å²) >= 11 is -2.95. The van der Waals surface area contributed by atoms with Crippen molar-refractivity contribution in [2.45, 2.75) is 263 Å². The van der Waals surface area contributed by atoms with Gasteiger partial charge in [0.15, 0.2) is 5.78 Å². The summed E-state index contributed by atoms with van der Waals surface area (Å²) < 4.78 is 23.3. The second-order valence-electron chi connectivity index (χ2n) is 27.8. The third kappa shape index (κ3) is 61.8. The van der Waals surface area contributed by atoms with E-state index in [9.17, 15) is 72.2 Å². The Kier molecular flexibility index (Phi) is 77.1. The van der Waals surface area contributed by atoms with E-state index in [0.717, 1.165) is 44.9 Å². The Hall–Kier alpha value is -3.70. The molecule has 0 aromatic rings. The molecular formula is C75H148IN8O22Y2-2. The number of amides is 4. The van der Waals surface area contributed by atoms with Gasteiger partial charge in [0.25, 0.3) is 0 Å². The van der Waals surface area contributed by atoms with Crippen molar-refractivity contribution >= 4 is 101 Å². The van der Waals surface area contributed by atoms with Crippen molar-refractivity contribution in [2.24, 2.45) is 40.6 Å². The number of hydrogen-bond donors (Lipinski definition) is 10. The number of aliphatic carboxylic acids is 3. The predicted octanol–water partition coefficient (Wildman–Crippen LogP) is 11.3. The summed E-state index contributed by atoms with van der Waals surface area (Å²) in [6, 6.07) is -1.15. The molecule has 0 saturated heterocycles. The van der Waals surface area contributed by atoms with Crippen molar-refractivity contribution in [1.82, 2.24) is 19.5 Å². The van der Waals surface area contributed by atoms with Gasteiger partial charge in [-0.15, -0.1) is 0 Å². The van der Waals surface area contributed by atoms with Gasteiger partial charge in [-0.1, -0.05) is 83.5 Å². The number of halogens is 1. The number of Topliss-reactive ketones (excluding diaryl/α,β-unsaturated/α-hetero) is 5. The number of unbranched alkanes of at least 4 members (excludes halogenated alkanes) is 15. The summed E-state index contributed by atoms with van der Waals surface area (Å²) in [5.41, 5.74) is 9.94. The average molecular weight is 1820 g/mol. The van der Waals surface area contributed by atoms with Gasteiger partial charge in [0.05, 0.1) is 45.6 Å². The van der Waals surface area contributed by atoms with Gasteiger partial charge in [0.1, 0.15) is 19.3 Å². The number of aliphatic hydroxyl groups is 1. The molecule has 0 saturated carbocycles. The van der Waals surface area contributed by atoms with Crippen LogP contribution in [-0.4, -0.2) is 197 Å². The zero-order chi connectivity index (χ0) is 78.7. The van der Waals surface area contributed by atoms with Gasteiger partial charge < -0.3 is 79.5 Å². The minimum Gasteiger partial charge on any atom is -0.693 e. The molecule has 0 unspecified atom stereocenters. The standard InChI is InChI=1S/C46H81N4O15.C29H49IN2O7.2H2N.2Y.7H2/c47-45(59)37(34-51)33-38(52)19-14-13-17-25-48-43(56)36-65-32-29-62-27-18-20-39(53)35-64-31-30-63-28-26-49-41(54)24-23-40(46(60)61)50-42(55)21-15-11-9-7-5-3-1-2-4-6-8-10-12-16-22-44(57)58;1-19(2)16-29(7,17-23(34)20(3)4)25(36)15-22(10-9-13-31)27(39)30(32-8)28(5,6)24(35)14-21(18-33)11-12-26(37)38;;;;;;;;;;;/h19,37,40,51H,1-18,20-36H2,(H2,47,59)(H,48,56)(H,49,54)(H,50,55)(H,57,58)(H,60,61);19,21-22,32H,9-17,31H2,1-8H3,(H,37,38);2*1H2;;;7*1H/q-1;-2;2*-1;;+3;;;;;;;/t37-,40-;21-,22+,29+;;;;;;;;;;;/m00.........../s1. The molecule has 0 aromatic heterocycles. The van der Waals surface area contributed by atoms with Crippen molar-refractivity contribution in [3.63, 3.8) is 0 Å². The fourth-order valence-corrected chi connectivity index (χ4v) is 16.5. The summed E-state index contributed by atoms with van der Waals surface area (Å²) in [6.07, 6.45) is 22.1. The molecule has 0 bridgehead atoms. The van der Waals surface area contributed by atoms with Gasteiger partial charge >= 0.3 is 287 Å². The number of carbonyl (C=O) groups is 13. The fourth-order valence-electron chi connectivity index (χ4n) is 11.1. The van der Waals surface area contributed by atoms with Crippen LogP contribution < -0.4 is 30.9 Å². The molecular weight excluding hydrogens is 1670 g/mol. The molecule has 16 N–H and O–H groups in total. The van der Waals surface area contributed by atoms with E-state index in [1.54, 1.807) is 48.0 Å². The van der Waals surface area contributed by atoms with Gasteiger partial charge in [-0.3, -0.25) is 28.8 Å². The first kappa shape index (κ1) is 115. The molecule has 0 aromatic carbocycles. The molecule has 0 heterocycles. The van der Waals surface area contributed by atoms with Crippen LogP contribution in [0.4, 0.5) is 0 Å². The van der Waals surface area contributed by atoms with Crippen molar-refractivity contribution in [1.29, 1.82) is 0 Å². The normalized spacial score (nSPS) is 12.7. The average Bonchev–Trinajstić information content (AvgIpc) is 0.800. The van der Waals surface area contributed by atoms with Gasteiger partial charge in [-0.2, -0.15) is 6.42 Å².